The Morgan fingerprint density at radius 2 is 1.63 bits per heavy atom. The van der Waals surface area contributed by atoms with Crippen LogP contribution in [0.15, 0.2) is 53.4 Å². The van der Waals surface area contributed by atoms with Crippen molar-refractivity contribution in [1.29, 1.82) is 0 Å². The van der Waals surface area contributed by atoms with Gasteiger partial charge >= 0.3 is 0 Å². The van der Waals surface area contributed by atoms with E-state index in [0.29, 0.717) is 18.8 Å². The fraction of sp³-hybridized carbons (Fsp3) is 0.333. The minimum Gasteiger partial charge on any atom is -0.343 e. The van der Waals surface area contributed by atoms with E-state index in [1.165, 1.54) is 28.6 Å². The molecule has 7 nitrogen and oxygen atoms in total. The van der Waals surface area contributed by atoms with Crippen molar-refractivity contribution < 1.29 is 22.4 Å². The highest BCUT2D eigenvalue weighted by Gasteiger charge is 2.25. The van der Waals surface area contributed by atoms with Crippen molar-refractivity contribution in [3.63, 3.8) is 0 Å². The Kier molecular flexibility index (Phi) is 7.17. The van der Waals surface area contributed by atoms with Crippen LogP contribution < -0.4 is 10.6 Å². The van der Waals surface area contributed by atoms with Gasteiger partial charge in [0.1, 0.15) is 5.82 Å². The van der Waals surface area contributed by atoms with E-state index >= 15 is 0 Å². The van der Waals surface area contributed by atoms with Crippen molar-refractivity contribution >= 4 is 27.5 Å². The fourth-order valence-electron chi connectivity index (χ4n) is 3.23. The van der Waals surface area contributed by atoms with E-state index < -0.39 is 27.7 Å². The standard InChI is InChI=1S/C21H24FN3O4S/c22-17-10-8-16(9-11-17)21(27)23-15-20(26)24-18-6-5-7-19(14-18)30(28,29)25-12-3-1-2-4-13-25/h5-11,14H,1-4,12-13,15H2,(H,23,27)(H,24,26). The first-order valence-corrected chi connectivity index (χ1v) is 11.2. The molecule has 1 fully saturated rings. The maximum atomic E-state index is 12.9. The molecule has 160 valence electrons. The normalized spacial score (nSPS) is 15.2. The van der Waals surface area contributed by atoms with Gasteiger partial charge in [-0.2, -0.15) is 4.31 Å². The summed E-state index contributed by atoms with van der Waals surface area (Å²) in [5, 5.41) is 5.03. The lowest BCUT2D eigenvalue weighted by Crippen LogP contribution is -2.33. The van der Waals surface area contributed by atoms with Gasteiger partial charge in [0.25, 0.3) is 5.91 Å². The first-order valence-electron chi connectivity index (χ1n) is 9.80. The predicted octanol–water partition coefficient (Wildman–Crippen LogP) is 2.76. The molecule has 2 N–H and O–H groups in total. The van der Waals surface area contributed by atoms with E-state index in [0.717, 1.165) is 37.8 Å². The lowest BCUT2D eigenvalue weighted by atomic mass is 10.2. The van der Waals surface area contributed by atoms with E-state index in [4.69, 9.17) is 0 Å². The molecule has 3 rings (SSSR count). The molecule has 1 aliphatic rings. The predicted molar refractivity (Wildman–Crippen MR) is 111 cm³/mol. The molecule has 0 spiro atoms. The van der Waals surface area contributed by atoms with Gasteiger partial charge in [-0.25, -0.2) is 12.8 Å². The van der Waals surface area contributed by atoms with Crippen LogP contribution in [-0.4, -0.2) is 44.2 Å². The number of hydrogen-bond acceptors (Lipinski definition) is 4. The van der Waals surface area contributed by atoms with Crippen LogP contribution in [0.1, 0.15) is 36.0 Å². The second-order valence-corrected chi connectivity index (χ2v) is 9.02. The van der Waals surface area contributed by atoms with E-state index in [1.807, 2.05) is 0 Å². The monoisotopic (exact) mass is 433 g/mol. The lowest BCUT2D eigenvalue weighted by molar-refractivity contribution is -0.115. The van der Waals surface area contributed by atoms with Gasteiger partial charge in [-0.1, -0.05) is 18.9 Å². The number of benzene rings is 2. The average molecular weight is 434 g/mol. The minimum atomic E-state index is -3.63. The van der Waals surface area contributed by atoms with Crippen molar-refractivity contribution in [2.75, 3.05) is 25.0 Å². The van der Waals surface area contributed by atoms with Crippen molar-refractivity contribution in [2.45, 2.75) is 30.6 Å². The average Bonchev–Trinajstić information content (AvgIpc) is 3.03. The van der Waals surface area contributed by atoms with Crippen LogP contribution >= 0.6 is 0 Å². The summed E-state index contributed by atoms with van der Waals surface area (Å²) in [6.45, 7) is 0.683. The largest absolute Gasteiger partial charge is 0.343 e. The van der Waals surface area contributed by atoms with Gasteiger partial charge in [0.15, 0.2) is 0 Å². The highest BCUT2D eigenvalue weighted by Crippen LogP contribution is 2.22. The summed E-state index contributed by atoms with van der Waals surface area (Å²) in [5.41, 5.74) is 0.557. The zero-order valence-corrected chi connectivity index (χ0v) is 17.3. The summed E-state index contributed by atoms with van der Waals surface area (Å²) in [5.74, 6) is -1.48. The Balaban J connectivity index is 1.61. The van der Waals surface area contributed by atoms with Gasteiger partial charge in [-0.3, -0.25) is 9.59 Å². The number of sulfonamides is 1. The minimum absolute atomic E-state index is 0.123. The molecule has 2 amide bonds. The summed E-state index contributed by atoms with van der Waals surface area (Å²) in [7, 11) is -3.63. The quantitative estimate of drug-likeness (QED) is 0.732. The number of nitrogens with zero attached hydrogens (tertiary/aromatic N) is 1. The van der Waals surface area contributed by atoms with Gasteiger partial charge in [0, 0.05) is 24.3 Å². The first kappa shape index (κ1) is 21.9. The van der Waals surface area contributed by atoms with Crippen molar-refractivity contribution in [3.05, 3.63) is 59.9 Å². The summed E-state index contributed by atoms with van der Waals surface area (Å²) in [6, 6.07) is 11.0. The highest BCUT2D eigenvalue weighted by atomic mass is 32.2. The summed E-state index contributed by atoms with van der Waals surface area (Å²) >= 11 is 0. The van der Waals surface area contributed by atoms with Gasteiger partial charge in [-0.15, -0.1) is 0 Å². The molecule has 2 aromatic rings. The number of carbonyl (C=O) groups is 2. The number of carbonyl (C=O) groups excluding carboxylic acids is 2. The fourth-order valence-corrected chi connectivity index (χ4v) is 4.80. The molecule has 1 heterocycles. The van der Waals surface area contributed by atoms with Gasteiger partial charge in [0.05, 0.1) is 11.4 Å². The summed E-state index contributed by atoms with van der Waals surface area (Å²) in [4.78, 5) is 24.3. The summed E-state index contributed by atoms with van der Waals surface area (Å²) in [6.07, 6.45) is 3.71. The Labute approximate surface area is 175 Å². The second kappa shape index (κ2) is 9.82. The van der Waals surface area contributed by atoms with Crippen molar-refractivity contribution in [3.8, 4) is 0 Å². The maximum absolute atomic E-state index is 12.9. The molecule has 1 saturated heterocycles. The van der Waals surface area contributed by atoms with Crippen LogP contribution in [0, 0.1) is 5.82 Å². The highest BCUT2D eigenvalue weighted by molar-refractivity contribution is 7.89. The Hall–Kier alpha value is -2.78. The van der Waals surface area contributed by atoms with Crippen LogP contribution in [0.3, 0.4) is 0 Å². The number of nitrogens with one attached hydrogen (secondary N) is 2. The van der Waals surface area contributed by atoms with Gasteiger partial charge in [-0.05, 0) is 55.3 Å². The molecule has 0 aliphatic carbocycles. The topological polar surface area (TPSA) is 95.6 Å². The van der Waals surface area contributed by atoms with E-state index in [9.17, 15) is 22.4 Å². The Morgan fingerprint density at radius 3 is 2.30 bits per heavy atom. The summed E-state index contributed by atoms with van der Waals surface area (Å²) < 4.78 is 40.2. The van der Waals surface area contributed by atoms with Crippen LogP contribution in [0.4, 0.5) is 10.1 Å². The third-order valence-electron chi connectivity index (χ3n) is 4.84. The van der Waals surface area contributed by atoms with Gasteiger partial charge < -0.3 is 10.6 Å². The van der Waals surface area contributed by atoms with Crippen LogP contribution in [0.5, 0.6) is 0 Å². The molecule has 9 heteroatoms. The molecule has 0 bridgehead atoms. The van der Waals surface area contributed by atoms with Crippen molar-refractivity contribution in [2.24, 2.45) is 0 Å². The van der Waals surface area contributed by atoms with Crippen LogP contribution in [-0.2, 0) is 14.8 Å². The molecule has 0 atom stereocenters. The molecular formula is C21H24FN3O4S. The third-order valence-corrected chi connectivity index (χ3v) is 6.73. The third kappa shape index (κ3) is 5.64. The molecule has 2 aromatic carbocycles. The molecule has 1 aliphatic heterocycles. The zero-order chi connectivity index (χ0) is 21.6. The Bertz CT molecular complexity index is 1000. The number of rotatable bonds is 6. The number of amides is 2. The van der Waals surface area contributed by atoms with Crippen LogP contribution in [0.2, 0.25) is 0 Å². The smallest absolute Gasteiger partial charge is 0.251 e. The maximum Gasteiger partial charge on any atom is 0.251 e. The van der Waals surface area contributed by atoms with E-state index in [1.54, 1.807) is 12.1 Å². The molecule has 30 heavy (non-hydrogen) atoms. The zero-order valence-electron chi connectivity index (χ0n) is 16.4. The molecular weight excluding hydrogens is 409 g/mol. The van der Waals surface area contributed by atoms with E-state index in [-0.39, 0.29) is 17.0 Å². The second-order valence-electron chi connectivity index (χ2n) is 7.08. The van der Waals surface area contributed by atoms with E-state index in [2.05, 4.69) is 10.6 Å². The molecule has 0 radical (unpaired) electrons. The SMILES string of the molecule is O=C(CNC(=O)c1ccc(F)cc1)Nc1cccc(S(=O)(=O)N2CCCCCC2)c1. The first-order chi connectivity index (χ1) is 14.4. The van der Waals surface area contributed by atoms with Crippen LogP contribution in [0.25, 0.3) is 0 Å². The lowest BCUT2D eigenvalue weighted by Gasteiger charge is -2.20. The number of halogens is 1. The molecule has 0 saturated carbocycles. The number of hydrogen-bond donors (Lipinski definition) is 2. The van der Waals surface area contributed by atoms with Gasteiger partial charge in [0.2, 0.25) is 15.9 Å². The van der Waals surface area contributed by atoms with Crippen molar-refractivity contribution in [1.82, 2.24) is 9.62 Å². The molecule has 0 unspecified atom stereocenters. The number of anilines is 1. The molecule has 0 aromatic heterocycles. The Morgan fingerprint density at radius 1 is 0.967 bits per heavy atom.